The van der Waals surface area contributed by atoms with Crippen LogP contribution in [0.25, 0.3) is 10.1 Å². The molecule has 0 radical (unpaired) electrons. The Balaban J connectivity index is 1.18. The van der Waals surface area contributed by atoms with Crippen molar-refractivity contribution in [2.24, 2.45) is 5.10 Å². The second kappa shape index (κ2) is 15.0. The Kier molecular flexibility index (Phi) is 10.5. The monoisotopic (exact) mass is 670 g/mol. The summed E-state index contributed by atoms with van der Waals surface area (Å²) in [5.41, 5.74) is 3.42. The van der Waals surface area contributed by atoms with E-state index in [2.05, 4.69) is 21.2 Å². The molecule has 13 heteroatoms. The van der Waals surface area contributed by atoms with E-state index >= 15 is 0 Å². The van der Waals surface area contributed by atoms with E-state index in [-0.39, 0.29) is 27.6 Å². The lowest BCUT2D eigenvalue weighted by molar-refractivity contribution is -0.136. The summed E-state index contributed by atoms with van der Waals surface area (Å²) in [5, 5.41) is 10.1. The van der Waals surface area contributed by atoms with Crippen LogP contribution in [0.1, 0.15) is 32.5 Å². The number of nitrogens with zero attached hydrogens (tertiary/aromatic N) is 1. The minimum Gasteiger partial charge on any atom is -0.494 e. The van der Waals surface area contributed by atoms with Gasteiger partial charge in [0.05, 0.1) is 36.2 Å². The van der Waals surface area contributed by atoms with Gasteiger partial charge in [-0.05, 0) is 73.2 Å². The van der Waals surface area contributed by atoms with Crippen LogP contribution in [0, 0.1) is 0 Å². The number of methoxy groups -OCH3 is 1. The molecule has 0 atom stereocenters. The maximum Gasteiger partial charge on any atom is 0.355 e. The van der Waals surface area contributed by atoms with Gasteiger partial charge in [0, 0.05) is 15.8 Å². The molecule has 0 aliphatic heterocycles. The summed E-state index contributed by atoms with van der Waals surface area (Å²) in [4.78, 5) is 51.2. The molecule has 0 fully saturated rings. The van der Waals surface area contributed by atoms with Crippen LogP contribution in [-0.4, -0.2) is 43.6 Å². The quantitative estimate of drug-likeness (QED) is 0.0504. The van der Waals surface area contributed by atoms with Gasteiger partial charge in [-0.15, -0.1) is 11.3 Å². The van der Waals surface area contributed by atoms with Crippen LogP contribution in [0.3, 0.4) is 0 Å². The van der Waals surface area contributed by atoms with Crippen molar-refractivity contribution in [1.82, 2.24) is 5.43 Å². The highest BCUT2D eigenvalue weighted by molar-refractivity contribution is 7.21. The first kappa shape index (κ1) is 32.7. The number of hydrogen-bond donors (Lipinski definition) is 3. The molecule has 1 heterocycles. The Labute approximate surface area is 278 Å². The lowest BCUT2D eigenvalue weighted by Gasteiger charge is -2.11. The summed E-state index contributed by atoms with van der Waals surface area (Å²) in [6.07, 6.45) is 1.28. The SMILES string of the molecule is CCOc1ccc(NC(=O)c2ccccc2NC(=O)C(=O)N/N=C/c2ccc(OC(=O)c3sc4ccccc4c3Cl)c(OC)c2)cc1. The van der Waals surface area contributed by atoms with Crippen LogP contribution in [-0.2, 0) is 9.59 Å². The Bertz CT molecular complexity index is 1990. The number of esters is 1. The summed E-state index contributed by atoms with van der Waals surface area (Å²) in [5.74, 6) is -2.19. The van der Waals surface area contributed by atoms with Gasteiger partial charge in [-0.2, -0.15) is 5.10 Å². The third kappa shape index (κ3) is 7.93. The number of fused-ring (bicyclic) bond motifs is 1. The maximum absolute atomic E-state index is 12.9. The third-order valence-corrected chi connectivity index (χ3v) is 8.20. The van der Waals surface area contributed by atoms with Crippen molar-refractivity contribution in [1.29, 1.82) is 0 Å². The number of nitrogens with one attached hydrogen (secondary N) is 3. The fraction of sp³-hybridized carbons (Fsp3) is 0.0882. The van der Waals surface area contributed by atoms with Crippen molar-refractivity contribution in [2.75, 3.05) is 24.4 Å². The molecule has 0 bridgehead atoms. The Morgan fingerprint density at radius 1 is 0.872 bits per heavy atom. The predicted octanol–water partition coefficient (Wildman–Crippen LogP) is 6.52. The van der Waals surface area contributed by atoms with Gasteiger partial charge in [0.15, 0.2) is 11.5 Å². The van der Waals surface area contributed by atoms with Gasteiger partial charge in [-0.1, -0.05) is 41.9 Å². The van der Waals surface area contributed by atoms with Gasteiger partial charge in [0.1, 0.15) is 10.6 Å². The van der Waals surface area contributed by atoms with Crippen molar-refractivity contribution in [3.05, 3.63) is 112 Å². The average Bonchev–Trinajstić information content (AvgIpc) is 3.42. The summed E-state index contributed by atoms with van der Waals surface area (Å²) in [6, 6.07) is 25.1. The number of ether oxygens (including phenoxy) is 3. The topological polar surface area (TPSA) is 144 Å². The zero-order valence-corrected chi connectivity index (χ0v) is 26.6. The van der Waals surface area contributed by atoms with Gasteiger partial charge >= 0.3 is 17.8 Å². The summed E-state index contributed by atoms with van der Waals surface area (Å²) in [7, 11) is 1.41. The Morgan fingerprint density at radius 2 is 1.62 bits per heavy atom. The van der Waals surface area contributed by atoms with Crippen LogP contribution < -0.4 is 30.3 Å². The minimum atomic E-state index is -1.07. The molecular formula is C34H27ClN4O7S. The van der Waals surface area contributed by atoms with Crippen LogP contribution in [0.2, 0.25) is 5.02 Å². The lowest BCUT2D eigenvalue weighted by atomic mass is 10.1. The molecule has 0 saturated heterocycles. The minimum absolute atomic E-state index is 0.131. The number of hydrogen-bond acceptors (Lipinski definition) is 9. The summed E-state index contributed by atoms with van der Waals surface area (Å²) >= 11 is 7.63. The lowest BCUT2D eigenvalue weighted by Crippen LogP contribution is -2.33. The zero-order valence-electron chi connectivity index (χ0n) is 25.0. The number of benzene rings is 4. The van der Waals surface area contributed by atoms with Gasteiger partial charge in [0.25, 0.3) is 5.91 Å². The third-order valence-electron chi connectivity index (χ3n) is 6.54. The molecule has 0 spiro atoms. The molecule has 0 aliphatic carbocycles. The number of anilines is 2. The molecule has 0 unspecified atom stereocenters. The first-order valence-electron chi connectivity index (χ1n) is 14.1. The Hall–Kier alpha value is -5.72. The highest BCUT2D eigenvalue weighted by Gasteiger charge is 2.21. The van der Waals surface area contributed by atoms with Crippen molar-refractivity contribution >= 4 is 74.3 Å². The van der Waals surface area contributed by atoms with E-state index in [1.165, 1.54) is 48.9 Å². The van der Waals surface area contributed by atoms with E-state index in [0.717, 1.165) is 10.1 Å². The van der Waals surface area contributed by atoms with E-state index in [0.29, 0.717) is 28.6 Å². The second-order valence-electron chi connectivity index (χ2n) is 9.65. The second-order valence-corrected chi connectivity index (χ2v) is 11.1. The molecule has 0 aliphatic rings. The average molecular weight is 671 g/mol. The number of carbonyl (C=O) groups is 4. The molecule has 238 valence electrons. The molecule has 47 heavy (non-hydrogen) atoms. The fourth-order valence-electron chi connectivity index (χ4n) is 4.33. The van der Waals surface area contributed by atoms with Crippen LogP contribution in [0.15, 0.2) is 96.1 Å². The van der Waals surface area contributed by atoms with Gasteiger partial charge in [-0.25, -0.2) is 10.2 Å². The van der Waals surface area contributed by atoms with Crippen molar-refractivity contribution < 1.29 is 33.4 Å². The molecule has 4 aromatic carbocycles. The van der Waals surface area contributed by atoms with E-state index < -0.39 is 23.7 Å². The summed E-state index contributed by atoms with van der Waals surface area (Å²) in [6.45, 7) is 2.39. The van der Waals surface area contributed by atoms with Crippen LogP contribution >= 0.6 is 22.9 Å². The van der Waals surface area contributed by atoms with Crippen LogP contribution in [0.4, 0.5) is 11.4 Å². The normalized spacial score (nSPS) is 10.8. The molecule has 1 aromatic heterocycles. The number of hydrazone groups is 1. The molecule has 11 nitrogen and oxygen atoms in total. The highest BCUT2D eigenvalue weighted by Crippen LogP contribution is 2.37. The van der Waals surface area contributed by atoms with E-state index in [4.69, 9.17) is 25.8 Å². The number of carbonyl (C=O) groups excluding carboxylic acids is 4. The molecule has 5 rings (SSSR count). The van der Waals surface area contributed by atoms with Crippen molar-refractivity contribution in [3.63, 3.8) is 0 Å². The summed E-state index contributed by atoms with van der Waals surface area (Å²) < 4.78 is 17.2. The van der Waals surface area contributed by atoms with E-state index in [1.54, 1.807) is 42.5 Å². The van der Waals surface area contributed by atoms with Gasteiger partial charge in [-0.3, -0.25) is 14.4 Å². The highest BCUT2D eigenvalue weighted by atomic mass is 35.5. The van der Waals surface area contributed by atoms with Crippen LogP contribution in [0.5, 0.6) is 17.2 Å². The Morgan fingerprint density at radius 3 is 2.36 bits per heavy atom. The standard InChI is InChI=1S/C34H27ClN4O7S/c1-3-45-22-15-13-21(14-16-22)37-31(40)23-8-4-6-10-25(23)38-32(41)33(42)39-36-19-20-12-17-26(27(18-20)44-2)46-34(43)30-29(35)24-9-5-7-11-28(24)47-30/h4-19H,3H2,1-2H3,(H,37,40)(H,38,41)(H,39,42)/b36-19+. The predicted molar refractivity (Wildman–Crippen MR) is 181 cm³/mol. The number of thiophene rings is 1. The maximum atomic E-state index is 12.9. The number of para-hydroxylation sites is 1. The van der Waals surface area contributed by atoms with Crippen molar-refractivity contribution in [2.45, 2.75) is 6.92 Å². The van der Waals surface area contributed by atoms with Crippen molar-refractivity contribution in [3.8, 4) is 17.2 Å². The smallest absolute Gasteiger partial charge is 0.355 e. The first-order chi connectivity index (χ1) is 22.8. The number of halogens is 1. The molecular weight excluding hydrogens is 644 g/mol. The van der Waals surface area contributed by atoms with E-state index in [9.17, 15) is 19.2 Å². The first-order valence-corrected chi connectivity index (χ1v) is 15.3. The fourth-order valence-corrected chi connectivity index (χ4v) is 5.71. The molecule has 3 amide bonds. The zero-order chi connectivity index (χ0) is 33.3. The molecule has 5 aromatic rings. The van der Waals surface area contributed by atoms with E-state index in [1.807, 2.05) is 31.2 Å². The largest absolute Gasteiger partial charge is 0.494 e. The number of amides is 3. The molecule has 0 saturated carbocycles. The van der Waals surface area contributed by atoms with Gasteiger partial charge < -0.3 is 24.8 Å². The number of rotatable bonds is 10. The van der Waals surface area contributed by atoms with Gasteiger partial charge in [0.2, 0.25) is 0 Å². The molecule has 3 N–H and O–H groups in total.